The monoisotopic (exact) mass is 383 g/mol. The molecule has 0 bridgehead atoms. The van der Waals surface area contributed by atoms with Gasteiger partial charge in [0.1, 0.15) is 6.61 Å². The Morgan fingerprint density at radius 3 is 2.60 bits per heavy atom. The van der Waals surface area contributed by atoms with E-state index in [1.165, 1.54) is 0 Å². The molecule has 2 rings (SSSR count). The molecule has 0 aliphatic heterocycles. The first-order chi connectivity index (χ1) is 12.0. The van der Waals surface area contributed by atoms with Gasteiger partial charge < -0.3 is 19.9 Å². The van der Waals surface area contributed by atoms with Crippen LogP contribution in [0.5, 0.6) is 11.5 Å². The van der Waals surface area contributed by atoms with Gasteiger partial charge in [0.05, 0.1) is 12.7 Å². The minimum absolute atomic E-state index is 0.309. The molecule has 25 heavy (non-hydrogen) atoms. The van der Waals surface area contributed by atoms with E-state index in [1.807, 2.05) is 31.2 Å². The quantitative estimate of drug-likeness (QED) is 0.671. The fourth-order valence-electron chi connectivity index (χ4n) is 2.34. The normalized spacial score (nSPS) is 12.0. The molecule has 2 aromatic rings. The number of hydrogen-bond acceptors (Lipinski definition) is 4. The zero-order valence-electron chi connectivity index (χ0n) is 14.4. The van der Waals surface area contributed by atoms with Crippen molar-refractivity contribution in [2.45, 2.75) is 33.1 Å². The van der Waals surface area contributed by atoms with Crippen LogP contribution in [0.4, 0.5) is 0 Å². The van der Waals surface area contributed by atoms with Crippen LogP contribution in [0, 0.1) is 0 Å². The molecule has 6 heteroatoms. The third-order valence-corrected chi connectivity index (χ3v) is 4.09. The Balaban J connectivity index is 2.17. The highest BCUT2D eigenvalue weighted by molar-refractivity contribution is 6.35. The number of ether oxygens (including phenoxy) is 2. The first kappa shape index (κ1) is 19.9. The molecule has 0 saturated heterocycles. The van der Waals surface area contributed by atoms with Crippen LogP contribution in [0.25, 0.3) is 0 Å². The van der Waals surface area contributed by atoms with E-state index in [-0.39, 0.29) is 0 Å². The number of rotatable bonds is 9. The van der Waals surface area contributed by atoms with E-state index in [2.05, 4.69) is 5.32 Å². The summed E-state index contributed by atoms with van der Waals surface area (Å²) >= 11 is 12.2. The second kappa shape index (κ2) is 9.88. The van der Waals surface area contributed by atoms with Crippen LogP contribution in [0.2, 0.25) is 10.0 Å². The van der Waals surface area contributed by atoms with Crippen molar-refractivity contribution in [2.75, 3.05) is 13.2 Å². The highest BCUT2D eigenvalue weighted by Crippen LogP contribution is 2.33. The van der Waals surface area contributed by atoms with E-state index in [0.29, 0.717) is 47.8 Å². The Morgan fingerprint density at radius 1 is 1.12 bits per heavy atom. The summed E-state index contributed by atoms with van der Waals surface area (Å²) in [6, 6.07) is 11.1. The van der Waals surface area contributed by atoms with Crippen molar-refractivity contribution in [3.8, 4) is 11.5 Å². The average molecular weight is 384 g/mol. The summed E-state index contributed by atoms with van der Waals surface area (Å²) in [6.07, 6.45) is -0.410. The molecule has 0 aliphatic carbocycles. The van der Waals surface area contributed by atoms with Gasteiger partial charge in [-0.05, 0) is 32.0 Å². The van der Waals surface area contributed by atoms with E-state index in [9.17, 15) is 5.11 Å². The third-order valence-electron chi connectivity index (χ3n) is 3.50. The molecular weight excluding hydrogens is 361 g/mol. The SMILES string of the molecule is CCOc1cccc(CNC[C@H](C)O)c1OCc1ccc(Cl)cc1Cl. The van der Waals surface area contributed by atoms with Gasteiger partial charge >= 0.3 is 0 Å². The maximum absolute atomic E-state index is 9.40. The molecule has 2 N–H and O–H groups in total. The van der Waals surface area contributed by atoms with E-state index in [1.54, 1.807) is 19.1 Å². The van der Waals surface area contributed by atoms with E-state index in [0.717, 1.165) is 11.1 Å². The largest absolute Gasteiger partial charge is 0.490 e. The van der Waals surface area contributed by atoms with Crippen LogP contribution < -0.4 is 14.8 Å². The summed E-state index contributed by atoms with van der Waals surface area (Å²) in [6.45, 7) is 5.59. The first-order valence-corrected chi connectivity index (χ1v) is 8.97. The molecule has 4 nitrogen and oxygen atoms in total. The van der Waals surface area contributed by atoms with Crippen LogP contribution in [-0.4, -0.2) is 24.4 Å². The van der Waals surface area contributed by atoms with Crippen LogP contribution in [0.15, 0.2) is 36.4 Å². The second-order valence-electron chi connectivity index (χ2n) is 5.68. The van der Waals surface area contributed by atoms with E-state index < -0.39 is 6.10 Å². The molecule has 0 heterocycles. The molecule has 0 saturated carbocycles. The minimum Gasteiger partial charge on any atom is -0.490 e. The lowest BCUT2D eigenvalue weighted by molar-refractivity contribution is 0.190. The van der Waals surface area contributed by atoms with Gasteiger partial charge in [-0.3, -0.25) is 0 Å². The van der Waals surface area contributed by atoms with Gasteiger partial charge in [-0.2, -0.15) is 0 Å². The first-order valence-electron chi connectivity index (χ1n) is 8.21. The van der Waals surface area contributed by atoms with Crippen molar-refractivity contribution in [1.29, 1.82) is 0 Å². The summed E-state index contributed by atoms with van der Waals surface area (Å²) in [5, 5.41) is 13.8. The van der Waals surface area contributed by atoms with Crippen molar-refractivity contribution in [2.24, 2.45) is 0 Å². The average Bonchev–Trinajstić information content (AvgIpc) is 2.55. The lowest BCUT2D eigenvalue weighted by Crippen LogP contribution is -2.24. The summed E-state index contributed by atoms with van der Waals surface area (Å²) < 4.78 is 11.7. The molecule has 136 valence electrons. The Labute approximate surface area is 158 Å². The Kier molecular flexibility index (Phi) is 7.85. The number of nitrogens with one attached hydrogen (secondary N) is 1. The van der Waals surface area contributed by atoms with Crippen molar-refractivity contribution < 1.29 is 14.6 Å². The lowest BCUT2D eigenvalue weighted by atomic mass is 10.1. The van der Waals surface area contributed by atoms with Crippen molar-refractivity contribution in [3.05, 3.63) is 57.6 Å². The Morgan fingerprint density at radius 2 is 1.92 bits per heavy atom. The van der Waals surface area contributed by atoms with Gasteiger partial charge in [-0.1, -0.05) is 41.4 Å². The molecule has 0 unspecified atom stereocenters. The summed E-state index contributed by atoms with van der Waals surface area (Å²) in [5.41, 5.74) is 1.80. The second-order valence-corrected chi connectivity index (χ2v) is 6.53. The molecular formula is C19H23Cl2NO3. The molecule has 0 fully saturated rings. The lowest BCUT2D eigenvalue weighted by Gasteiger charge is -2.17. The zero-order chi connectivity index (χ0) is 18.2. The predicted octanol–water partition coefficient (Wildman–Crippen LogP) is 4.44. The smallest absolute Gasteiger partial charge is 0.166 e. The van der Waals surface area contributed by atoms with Gasteiger partial charge in [0, 0.05) is 34.3 Å². The maximum Gasteiger partial charge on any atom is 0.166 e. The fourth-order valence-corrected chi connectivity index (χ4v) is 2.80. The predicted molar refractivity (Wildman–Crippen MR) is 102 cm³/mol. The van der Waals surface area contributed by atoms with Crippen LogP contribution in [0.1, 0.15) is 25.0 Å². The molecule has 1 atom stereocenters. The maximum atomic E-state index is 9.40. The number of halogens is 2. The number of aliphatic hydroxyl groups excluding tert-OH is 1. The van der Waals surface area contributed by atoms with Crippen molar-refractivity contribution in [3.63, 3.8) is 0 Å². The summed E-state index contributed by atoms with van der Waals surface area (Å²) in [7, 11) is 0. The van der Waals surface area contributed by atoms with E-state index >= 15 is 0 Å². The van der Waals surface area contributed by atoms with Gasteiger partial charge in [0.25, 0.3) is 0 Å². The zero-order valence-corrected chi connectivity index (χ0v) is 15.9. The van der Waals surface area contributed by atoms with Crippen LogP contribution in [0.3, 0.4) is 0 Å². The molecule has 0 spiro atoms. The Hall–Kier alpha value is -1.46. The van der Waals surface area contributed by atoms with Gasteiger partial charge in [-0.25, -0.2) is 0 Å². The van der Waals surface area contributed by atoms with Crippen molar-refractivity contribution >= 4 is 23.2 Å². The summed E-state index contributed by atoms with van der Waals surface area (Å²) in [4.78, 5) is 0. The molecule has 0 aromatic heterocycles. The van der Waals surface area contributed by atoms with Crippen LogP contribution in [-0.2, 0) is 13.2 Å². The topological polar surface area (TPSA) is 50.7 Å². The third kappa shape index (κ3) is 6.08. The number of para-hydroxylation sites is 1. The van der Waals surface area contributed by atoms with Gasteiger partial charge in [0.15, 0.2) is 11.5 Å². The highest BCUT2D eigenvalue weighted by Gasteiger charge is 2.12. The minimum atomic E-state index is -0.410. The van der Waals surface area contributed by atoms with Crippen molar-refractivity contribution in [1.82, 2.24) is 5.32 Å². The standard InChI is InChI=1S/C19H23Cl2NO3/c1-3-24-18-6-4-5-14(11-22-10-13(2)23)19(18)25-12-15-7-8-16(20)9-17(15)21/h4-9,13,22-23H,3,10-12H2,1-2H3/t13-/m0/s1. The van der Waals surface area contributed by atoms with Gasteiger partial charge in [0.2, 0.25) is 0 Å². The molecule has 0 amide bonds. The summed E-state index contributed by atoms with van der Waals surface area (Å²) in [5.74, 6) is 1.36. The molecule has 0 radical (unpaired) electrons. The Bertz CT molecular complexity index is 692. The molecule has 0 aliphatic rings. The van der Waals surface area contributed by atoms with Crippen LogP contribution >= 0.6 is 23.2 Å². The number of benzene rings is 2. The number of hydrogen-bond donors (Lipinski definition) is 2. The van der Waals surface area contributed by atoms with Gasteiger partial charge in [-0.15, -0.1) is 0 Å². The van der Waals surface area contributed by atoms with E-state index in [4.69, 9.17) is 32.7 Å². The fraction of sp³-hybridized carbons (Fsp3) is 0.368. The highest BCUT2D eigenvalue weighted by atomic mass is 35.5. The number of aliphatic hydroxyl groups is 1. The molecule has 2 aromatic carbocycles.